The van der Waals surface area contributed by atoms with Crippen molar-refractivity contribution in [2.45, 2.75) is 6.10 Å². The van der Waals surface area contributed by atoms with Crippen molar-refractivity contribution in [1.82, 2.24) is 4.98 Å². The Morgan fingerprint density at radius 3 is 2.29 bits per heavy atom. The highest BCUT2D eigenvalue weighted by Crippen LogP contribution is 2.30. The Kier molecular flexibility index (Phi) is 5.25. The average molecular weight is 365 g/mol. The number of aromatic nitrogens is 1. The van der Waals surface area contributed by atoms with Gasteiger partial charge in [-0.3, -0.25) is 4.98 Å². The van der Waals surface area contributed by atoms with Gasteiger partial charge in [-0.05, 0) is 28.7 Å². The van der Waals surface area contributed by atoms with Crippen LogP contribution in [0.15, 0.2) is 103 Å². The van der Waals surface area contributed by atoms with Gasteiger partial charge in [0, 0.05) is 17.7 Å². The molecule has 4 aromatic rings. The molecule has 136 valence electrons. The van der Waals surface area contributed by atoms with Crippen molar-refractivity contribution in [2.24, 2.45) is 0 Å². The van der Waals surface area contributed by atoms with Crippen molar-refractivity contribution in [3.05, 3.63) is 120 Å². The third-order valence-corrected chi connectivity index (χ3v) is 4.50. The van der Waals surface area contributed by atoms with Crippen LogP contribution in [0, 0.1) is 0 Å². The van der Waals surface area contributed by atoms with Crippen LogP contribution in [0.1, 0.15) is 22.9 Å². The van der Waals surface area contributed by atoms with Gasteiger partial charge in [-0.15, -0.1) is 0 Å². The standard InChI is InChI=1S/C25H19NO2/c27-23(16-15-19-9-3-1-4-10-19)28-25(21-12-5-2-6-13-21)24-22-14-8-7-11-20(22)17-18-26-24/h1-18,25H/b16-15+. The average Bonchev–Trinajstić information content (AvgIpc) is 2.77. The molecule has 0 radical (unpaired) electrons. The third kappa shape index (κ3) is 3.99. The van der Waals surface area contributed by atoms with E-state index in [1.165, 1.54) is 6.08 Å². The lowest BCUT2D eigenvalue weighted by atomic mass is 10.0. The maximum absolute atomic E-state index is 12.6. The summed E-state index contributed by atoms with van der Waals surface area (Å²) in [6.07, 6.45) is 4.37. The fraction of sp³-hybridized carbons (Fsp3) is 0.0400. The van der Waals surface area contributed by atoms with E-state index >= 15 is 0 Å². The largest absolute Gasteiger partial charge is 0.448 e. The molecule has 28 heavy (non-hydrogen) atoms. The number of carbonyl (C=O) groups excluding carboxylic acids is 1. The first kappa shape index (κ1) is 17.7. The smallest absolute Gasteiger partial charge is 0.331 e. The fourth-order valence-corrected chi connectivity index (χ4v) is 3.15. The maximum atomic E-state index is 12.6. The molecule has 1 aromatic heterocycles. The van der Waals surface area contributed by atoms with Crippen molar-refractivity contribution in [3.63, 3.8) is 0 Å². The summed E-state index contributed by atoms with van der Waals surface area (Å²) in [7, 11) is 0. The Bertz CT molecular complexity index is 1100. The predicted molar refractivity (Wildman–Crippen MR) is 112 cm³/mol. The van der Waals surface area contributed by atoms with Crippen molar-refractivity contribution in [1.29, 1.82) is 0 Å². The van der Waals surface area contributed by atoms with Crippen LogP contribution in [0.5, 0.6) is 0 Å². The van der Waals surface area contributed by atoms with E-state index in [1.54, 1.807) is 12.3 Å². The molecule has 3 heteroatoms. The number of nitrogens with zero attached hydrogens (tertiary/aromatic N) is 1. The van der Waals surface area contributed by atoms with Crippen molar-refractivity contribution >= 4 is 22.8 Å². The molecule has 0 amide bonds. The highest BCUT2D eigenvalue weighted by Gasteiger charge is 2.21. The normalized spacial score (nSPS) is 12.1. The Hall–Kier alpha value is -3.72. The van der Waals surface area contributed by atoms with Gasteiger partial charge in [0.1, 0.15) is 0 Å². The van der Waals surface area contributed by atoms with Crippen LogP contribution in [-0.4, -0.2) is 11.0 Å². The molecule has 3 aromatic carbocycles. The summed E-state index contributed by atoms with van der Waals surface area (Å²) in [6.45, 7) is 0. The van der Waals surface area contributed by atoms with Crippen LogP contribution < -0.4 is 0 Å². The summed E-state index contributed by atoms with van der Waals surface area (Å²) in [6, 6.07) is 29.3. The van der Waals surface area contributed by atoms with Crippen molar-refractivity contribution in [2.75, 3.05) is 0 Å². The van der Waals surface area contributed by atoms with Crippen molar-refractivity contribution in [3.8, 4) is 0 Å². The first-order valence-corrected chi connectivity index (χ1v) is 9.13. The van der Waals surface area contributed by atoms with Gasteiger partial charge >= 0.3 is 5.97 Å². The lowest BCUT2D eigenvalue weighted by Crippen LogP contribution is -2.12. The zero-order valence-corrected chi connectivity index (χ0v) is 15.2. The van der Waals surface area contributed by atoms with E-state index in [0.29, 0.717) is 0 Å². The van der Waals surface area contributed by atoms with Gasteiger partial charge < -0.3 is 4.74 Å². The number of benzene rings is 3. The molecule has 1 unspecified atom stereocenters. The lowest BCUT2D eigenvalue weighted by molar-refractivity contribution is -0.141. The van der Waals surface area contributed by atoms with E-state index in [9.17, 15) is 4.79 Å². The molecule has 4 rings (SSSR count). The Morgan fingerprint density at radius 1 is 0.821 bits per heavy atom. The molecule has 3 nitrogen and oxygen atoms in total. The number of ether oxygens (including phenoxy) is 1. The molecule has 0 aliphatic carbocycles. The summed E-state index contributed by atoms with van der Waals surface area (Å²) in [5, 5.41) is 2.03. The topological polar surface area (TPSA) is 39.2 Å². The summed E-state index contributed by atoms with van der Waals surface area (Å²) < 4.78 is 5.86. The summed E-state index contributed by atoms with van der Waals surface area (Å²) in [5.74, 6) is -0.410. The first-order chi connectivity index (χ1) is 13.8. The number of esters is 1. The molecule has 0 spiro atoms. The Balaban J connectivity index is 1.69. The molecule has 0 saturated carbocycles. The molecule has 1 atom stereocenters. The van der Waals surface area contributed by atoms with Crippen molar-refractivity contribution < 1.29 is 9.53 Å². The minimum Gasteiger partial charge on any atom is -0.448 e. The van der Waals surface area contributed by atoms with E-state index in [2.05, 4.69) is 4.98 Å². The summed E-state index contributed by atoms with van der Waals surface area (Å²) in [5.41, 5.74) is 2.55. The molecule has 0 N–H and O–H groups in total. The molecule has 0 bridgehead atoms. The predicted octanol–water partition coefficient (Wildman–Crippen LogP) is 5.58. The zero-order valence-electron chi connectivity index (χ0n) is 15.2. The van der Waals surface area contributed by atoms with E-state index in [4.69, 9.17) is 4.74 Å². The molecule has 0 fully saturated rings. The van der Waals surface area contributed by atoms with Gasteiger partial charge in [-0.25, -0.2) is 4.79 Å². The van der Waals surface area contributed by atoms with Crippen LogP contribution in [-0.2, 0) is 9.53 Å². The third-order valence-electron chi connectivity index (χ3n) is 4.50. The second-order valence-corrected chi connectivity index (χ2v) is 6.39. The Labute approximate surface area is 163 Å². The number of hydrogen-bond donors (Lipinski definition) is 0. The van der Waals surface area contributed by atoms with Gasteiger partial charge in [0.15, 0.2) is 6.10 Å². The lowest BCUT2D eigenvalue weighted by Gasteiger charge is -2.18. The van der Waals surface area contributed by atoms with E-state index in [1.807, 2.05) is 91.0 Å². The molecule has 1 heterocycles. The molecule has 0 aliphatic heterocycles. The second-order valence-electron chi connectivity index (χ2n) is 6.39. The van der Waals surface area contributed by atoms with Gasteiger partial charge in [0.05, 0.1) is 5.69 Å². The van der Waals surface area contributed by atoms with Gasteiger partial charge in [0.25, 0.3) is 0 Å². The molecule has 0 saturated heterocycles. The number of rotatable bonds is 5. The highest BCUT2D eigenvalue weighted by molar-refractivity contribution is 5.88. The molecular formula is C25H19NO2. The number of hydrogen-bond acceptors (Lipinski definition) is 3. The second kappa shape index (κ2) is 8.31. The van der Waals surface area contributed by atoms with Crippen LogP contribution >= 0.6 is 0 Å². The minimum absolute atomic E-state index is 0.410. The van der Waals surface area contributed by atoms with Crippen LogP contribution in [0.4, 0.5) is 0 Å². The van der Waals surface area contributed by atoms with E-state index in [-0.39, 0.29) is 0 Å². The minimum atomic E-state index is -0.583. The SMILES string of the molecule is O=C(/C=C/c1ccccc1)OC(c1ccccc1)c1nccc2ccccc12. The highest BCUT2D eigenvalue weighted by atomic mass is 16.5. The van der Waals surface area contributed by atoms with Gasteiger partial charge in [0.2, 0.25) is 0 Å². The van der Waals surface area contributed by atoms with Crippen LogP contribution in [0.3, 0.4) is 0 Å². The van der Waals surface area contributed by atoms with Crippen LogP contribution in [0.25, 0.3) is 16.8 Å². The van der Waals surface area contributed by atoms with E-state index < -0.39 is 12.1 Å². The summed E-state index contributed by atoms with van der Waals surface area (Å²) >= 11 is 0. The van der Waals surface area contributed by atoms with Crippen LogP contribution in [0.2, 0.25) is 0 Å². The first-order valence-electron chi connectivity index (χ1n) is 9.13. The number of fused-ring (bicyclic) bond motifs is 1. The summed E-state index contributed by atoms with van der Waals surface area (Å²) in [4.78, 5) is 17.1. The van der Waals surface area contributed by atoms with E-state index in [0.717, 1.165) is 27.6 Å². The zero-order chi connectivity index (χ0) is 19.2. The maximum Gasteiger partial charge on any atom is 0.331 e. The Morgan fingerprint density at radius 2 is 1.50 bits per heavy atom. The molecular weight excluding hydrogens is 346 g/mol. The number of carbonyl (C=O) groups is 1. The van der Waals surface area contributed by atoms with Gasteiger partial charge in [-0.2, -0.15) is 0 Å². The number of pyridine rings is 1. The fourth-order valence-electron chi connectivity index (χ4n) is 3.15. The van der Waals surface area contributed by atoms with Gasteiger partial charge in [-0.1, -0.05) is 84.9 Å². The quantitative estimate of drug-likeness (QED) is 0.342. The monoisotopic (exact) mass is 365 g/mol. The molecule has 0 aliphatic rings.